The van der Waals surface area contributed by atoms with E-state index in [9.17, 15) is 0 Å². The molecule has 1 rings (SSSR count). The highest BCUT2D eigenvalue weighted by molar-refractivity contribution is 4.67. The number of ether oxygens (including phenoxy) is 1. The molecule has 0 spiro atoms. The van der Waals surface area contributed by atoms with E-state index < -0.39 is 0 Å². The van der Waals surface area contributed by atoms with Crippen molar-refractivity contribution in [1.82, 2.24) is 5.32 Å². The molecule has 0 aromatic heterocycles. The van der Waals surface area contributed by atoms with Gasteiger partial charge in [-0.3, -0.25) is 0 Å². The van der Waals surface area contributed by atoms with Gasteiger partial charge in [0.2, 0.25) is 0 Å². The Bertz CT molecular complexity index is 50.0. The number of morpholine rings is 1. The minimum atomic E-state index is 0.369. The van der Waals surface area contributed by atoms with Crippen LogP contribution in [0.4, 0.5) is 0 Å². The monoisotopic (exact) mass is 100 g/mol. The molecule has 41 valence electrons. The Balaban J connectivity index is 2.12. The molecule has 1 N–H and O–H groups in total. The summed E-state index contributed by atoms with van der Waals surface area (Å²) in [4.78, 5) is 0. The summed E-state index contributed by atoms with van der Waals surface area (Å²) in [7, 11) is 0. The van der Waals surface area contributed by atoms with Crippen molar-refractivity contribution in [1.29, 1.82) is 0 Å². The molecule has 1 atom stereocenters. The van der Waals surface area contributed by atoms with E-state index in [4.69, 9.17) is 4.74 Å². The molecule has 2 heteroatoms. The summed E-state index contributed by atoms with van der Waals surface area (Å²) in [5.41, 5.74) is 0. The highest BCUT2D eigenvalue weighted by atomic mass is 16.5. The van der Waals surface area contributed by atoms with Gasteiger partial charge >= 0.3 is 0 Å². The van der Waals surface area contributed by atoms with Crippen LogP contribution in [0.2, 0.25) is 0 Å². The van der Waals surface area contributed by atoms with E-state index in [0.717, 1.165) is 13.1 Å². The lowest BCUT2D eigenvalue weighted by atomic mass is 10.3. The Morgan fingerprint density at radius 1 is 1.86 bits per heavy atom. The molecule has 0 saturated carbocycles. The maximum Gasteiger partial charge on any atom is 0.0977 e. The molecule has 1 fully saturated rings. The first-order chi connectivity index (χ1) is 3.39. The van der Waals surface area contributed by atoms with Crippen LogP contribution in [-0.2, 0) is 4.74 Å². The van der Waals surface area contributed by atoms with Crippen LogP contribution >= 0.6 is 0 Å². The molecule has 0 amide bonds. The average Bonchev–Trinajstić information content (AvgIpc) is 1.69. The van der Waals surface area contributed by atoms with E-state index in [2.05, 4.69) is 5.32 Å². The maximum atomic E-state index is 5.09. The van der Waals surface area contributed by atoms with Gasteiger partial charge in [0.1, 0.15) is 0 Å². The maximum absolute atomic E-state index is 5.09. The van der Waals surface area contributed by atoms with Crippen LogP contribution in [0.3, 0.4) is 0 Å². The first-order valence-electron chi connectivity index (χ1n) is 2.57. The molecule has 7 heavy (non-hydrogen) atoms. The normalized spacial score (nSPS) is 33.0. The van der Waals surface area contributed by atoms with Gasteiger partial charge in [0, 0.05) is 13.1 Å². The van der Waals surface area contributed by atoms with Crippen molar-refractivity contribution in [2.24, 2.45) is 0 Å². The first-order valence-corrected chi connectivity index (χ1v) is 2.57. The molecule has 1 saturated heterocycles. The molecular weight excluding hydrogens is 90.1 g/mol. The van der Waals surface area contributed by atoms with E-state index in [0.29, 0.717) is 6.10 Å². The van der Waals surface area contributed by atoms with E-state index in [1.54, 1.807) is 6.61 Å². The van der Waals surface area contributed by atoms with E-state index in [1.165, 1.54) is 0 Å². The van der Waals surface area contributed by atoms with Gasteiger partial charge in [0.15, 0.2) is 0 Å². The molecular formula is C5H10NO. The predicted octanol–water partition coefficient (Wildman–Crippen LogP) is 0.156. The minimum absolute atomic E-state index is 0.369. The second-order valence-corrected chi connectivity index (χ2v) is 1.77. The summed E-state index contributed by atoms with van der Waals surface area (Å²) in [6, 6.07) is 0. The summed E-state index contributed by atoms with van der Waals surface area (Å²) >= 11 is 0. The number of rotatable bonds is 0. The quantitative estimate of drug-likeness (QED) is 0.468. The predicted molar refractivity (Wildman–Crippen MR) is 27.7 cm³/mol. The minimum Gasteiger partial charge on any atom is -0.370 e. The van der Waals surface area contributed by atoms with E-state index in [-0.39, 0.29) is 0 Å². The third-order valence-corrected chi connectivity index (χ3v) is 0.988. The van der Waals surface area contributed by atoms with Gasteiger partial charge in [-0.1, -0.05) is 0 Å². The molecule has 1 radical (unpaired) electrons. The van der Waals surface area contributed by atoms with Crippen molar-refractivity contribution in [3.63, 3.8) is 0 Å². The lowest BCUT2D eigenvalue weighted by Crippen LogP contribution is -2.33. The molecule has 0 bridgehead atoms. The van der Waals surface area contributed by atoms with Crippen LogP contribution in [0.1, 0.15) is 6.92 Å². The number of hydrogen-bond donors (Lipinski definition) is 1. The van der Waals surface area contributed by atoms with Crippen LogP contribution in [0.25, 0.3) is 0 Å². The number of hydrogen-bond acceptors (Lipinski definition) is 2. The van der Waals surface area contributed by atoms with E-state index in [1.807, 2.05) is 6.92 Å². The zero-order chi connectivity index (χ0) is 5.11. The van der Waals surface area contributed by atoms with Gasteiger partial charge in [-0.05, 0) is 6.92 Å². The second-order valence-electron chi connectivity index (χ2n) is 1.77. The van der Waals surface area contributed by atoms with Gasteiger partial charge in [-0.2, -0.15) is 0 Å². The fraction of sp³-hybridized carbons (Fsp3) is 0.800. The molecule has 2 nitrogen and oxygen atoms in total. The van der Waals surface area contributed by atoms with Crippen LogP contribution in [0.5, 0.6) is 0 Å². The Morgan fingerprint density at radius 3 is 3.00 bits per heavy atom. The number of nitrogens with one attached hydrogen (secondary N) is 1. The smallest absolute Gasteiger partial charge is 0.0977 e. The fourth-order valence-corrected chi connectivity index (χ4v) is 0.606. The Morgan fingerprint density at radius 2 is 2.71 bits per heavy atom. The molecule has 0 aliphatic carbocycles. The van der Waals surface area contributed by atoms with Crippen LogP contribution in [0, 0.1) is 6.61 Å². The third kappa shape index (κ3) is 1.45. The summed E-state index contributed by atoms with van der Waals surface area (Å²) in [6.45, 7) is 5.72. The highest BCUT2D eigenvalue weighted by Gasteiger charge is 2.05. The van der Waals surface area contributed by atoms with Crippen LogP contribution in [-0.4, -0.2) is 19.2 Å². The lowest BCUT2D eigenvalue weighted by Gasteiger charge is -2.18. The zero-order valence-corrected chi connectivity index (χ0v) is 4.48. The summed E-state index contributed by atoms with van der Waals surface area (Å²) in [6.07, 6.45) is 0.369. The summed E-state index contributed by atoms with van der Waals surface area (Å²) < 4.78 is 5.09. The van der Waals surface area contributed by atoms with E-state index >= 15 is 0 Å². The summed E-state index contributed by atoms with van der Waals surface area (Å²) in [5.74, 6) is 0. The Kier molecular flexibility index (Phi) is 1.65. The van der Waals surface area contributed by atoms with Crippen molar-refractivity contribution in [3.8, 4) is 0 Å². The standard InChI is InChI=1S/C5H10NO/c1-5-4-6-2-3-7-5/h3,5-6H,2,4H2,1H3. The summed E-state index contributed by atoms with van der Waals surface area (Å²) in [5, 5.41) is 3.15. The Hall–Kier alpha value is -0.0800. The lowest BCUT2D eigenvalue weighted by molar-refractivity contribution is 0.0909. The topological polar surface area (TPSA) is 21.3 Å². The van der Waals surface area contributed by atoms with Crippen molar-refractivity contribution >= 4 is 0 Å². The van der Waals surface area contributed by atoms with Gasteiger partial charge in [-0.15, -0.1) is 0 Å². The molecule has 0 aromatic rings. The molecule has 1 aliphatic rings. The molecule has 1 aliphatic heterocycles. The van der Waals surface area contributed by atoms with Crippen LogP contribution < -0.4 is 5.32 Å². The van der Waals surface area contributed by atoms with Crippen LogP contribution in [0.15, 0.2) is 0 Å². The van der Waals surface area contributed by atoms with Crippen molar-refractivity contribution in [2.75, 3.05) is 13.1 Å². The van der Waals surface area contributed by atoms with Gasteiger partial charge in [0.25, 0.3) is 0 Å². The largest absolute Gasteiger partial charge is 0.370 e. The van der Waals surface area contributed by atoms with Crippen molar-refractivity contribution < 1.29 is 4.74 Å². The molecule has 1 heterocycles. The Labute approximate surface area is 43.9 Å². The zero-order valence-electron chi connectivity index (χ0n) is 4.48. The van der Waals surface area contributed by atoms with Crippen molar-refractivity contribution in [3.05, 3.63) is 6.61 Å². The first kappa shape index (κ1) is 5.06. The SMILES string of the molecule is CC1CNC[CH]O1. The van der Waals surface area contributed by atoms with Gasteiger partial charge in [0.05, 0.1) is 12.7 Å². The molecule has 0 aromatic carbocycles. The fourth-order valence-electron chi connectivity index (χ4n) is 0.606. The second kappa shape index (κ2) is 2.28. The average molecular weight is 100 g/mol. The van der Waals surface area contributed by atoms with Crippen molar-refractivity contribution in [2.45, 2.75) is 13.0 Å². The highest BCUT2D eigenvalue weighted by Crippen LogP contribution is 1.95. The van der Waals surface area contributed by atoms with Gasteiger partial charge < -0.3 is 10.1 Å². The third-order valence-electron chi connectivity index (χ3n) is 0.988. The van der Waals surface area contributed by atoms with Gasteiger partial charge in [-0.25, -0.2) is 0 Å². The molecule has 1 unspecified atom stereocenters.